The van der Waals surface area contributed by atoms with Crippen LogP contribution in [0.4, 0.5) is 10.1 Å². The number of nitro groups is 1. The summed E-state index contributed by atoms with van der Waals surface area (Å²) in [6.45, 7) is 0.391. The van der Waals surface area contributed by atoms with Crippen molar-refractivity contribution in [1.82, 2.24) is 0 Å². The molecule has 20 heavy (non-hydrogen) atoms. The van der Waals surface area contributed by atoms with Crippen LogP contribution in [0.3, 0.4) is 0 Å². The molecule has 0 amide bonds. The molecule has 0 heterocycles. The fourth-order valence-electron chi connectivity index (χ4n) is 1.56. The molecule has 0 aliphatic rings. The number of nitrogens with two attached hydrogens (primary N) is 1. The molecule has 0 unspecified atom stereocenters. The third-order valence-corrected chi connectivity index (χ3v) is 3.19. The molecule has 0 aliphatic carbocycles. The van der Waals surface area contributed by atoms with Crippen molar-refractivity contribution in [2.45, 2.75) is 6.54 Å². The minimum absolute atomic E-state index is 0.0382. The summed E-state index contributed by atoms with van der Waals surface area (Å²) in [5, 5.41) is 10.9. The number of rotatable bonds is 4. The fourth-order valence-corrected chi connectivity index (χ4v) is 1.89. The molecular formula is C13H10BrFN2O3. The van der Waals surface area contributed by atoms with Crippen LogP contribution in [0.15, 0.2) is 40.9 Å². The lowest BCUT2D eigenvalue weighted by Gasteiger charge is -2.08. The number of nitro benzene ring substituents is 1. The Hall–Kier alpha value is -1.99. The number of ether oxygens (including phenoxy) is 1. The van der Waals surface area contributed by atoms with Crippen molar-refractivity contribution in [3.8, 4) is 11.5 Å². The Balaban J connectivity index is 2.36. The first-order valence-corrected chi connectivity index (χ1v) is 6.41. The lowest BCUT2D eigenvalue weighted by atomic mass is 10.2. The number of nitrogens with zero attached hydrogens (tertiary/aromatic N) is 1. The second-order valence-corrected chi connectivity index (χ2v) is 4.80. The summed E-state index contributed by atoms with van der Waals surface area (Å²) in [5.74, 6) is -0.352. The quantitative estimate of drug-likeness (QED) is 0.679. The molecule has 0 aromatic heterocycles. The van der Waals surface area contributed by atoms with Gasteiger partial charge >= 0.3 is 5.69 Å². The van der Waals surface area contributed by atoms with Crippen molar-refractivity contribution in [3.05, 3.63) is 62.4 Å². The molecule has 0 bridgehead atoms. The summed E-state index contributed by atoms with van der Waals surface area (Å²) in [6, 6.07) is 8.82. The SMILES string of the molecule is NCc1ccc(Oc2cc(Br)c(F)cc2[N+](=O)[O-])cc1. The first-order chi connectivity index (χ1) is 9.51. The van der Waals surface area contributed by atoms with Crippen LogP contribution in [0, 0.1) is 15.9 Å². The Morgan fingerprint density at radius 2 is 1.95 bits per heavy atom. The molecule has 0 atom stereocenters. The van der Waals surface area contributed by atoms with E-state index >= 15 is 0 Å². The highest BCUT2D eigenvalue weighted by Gasteiger charge is 2.19. The molecule has 7 heteroatoms. The van der Waals surface area contributed by atoms with Gasteiger partial charge in [-0.3, -0.25) is 10.1 Å². The average molecular weight is 341 g/mol. The van der Waals surface area contributed by atoms with Crippen molar-refractivity contribution in [3.63, 3.8) is 0 Å². The lowest BCUT2D eigenvalue weighted by molar-refractivity contribution is -0.385. The van der Waals surface area contributed by atoms with E-state index in [1.807, 2.05) is 0 Å². The number of hydrogen-bond acceptors (Lipinski definition) is 4. The molecule has 0 saturated carbocycles. The van der Waals surface area contributed by atoms with Gasteiger partial charge in [0, 0.05) is 12.6 Å². The highest BCUT2D eigenvalue weighted by Crippen LogP contribution is 2.35. The van der Waals surface area contributed by atoms with Gasteiger partial charge in [0.15, 0.2) is 0 Å². The minimum atomic E-state index is -0.720. The van der Waals surface area contributed by atoms with E-state index in [0.717, 1.165) is 11.6 Å². The van der Waals surface area contributed by atoms with Crippen molar-refractivity contribution < 1.29 is 14.1 Å². The molecule has 0 aliphatic heterocycles. The van der Waals surface area contributed by atoms with E-state index in [9.17, 15) is 14.5 Å². The van der Waals surface area contributed by atoms with E-state index < -0.39 is 16.4 Å². The van der Waals surface area contributed by atoms with Gasteiger partial charge in [-0.15, -0.1) is 0 Å². The molecule has 2 aromatic carbocycles. The van der Waals surface area contributed by atoms with Crippen molar-refractivity contribution in [1.29, 1.82) is 0 Å². The first-order valence-electron chi connectivity index (χ1n) is 5.61. The second-order valence-electron chi connectivity index (χ2n) is 3.94. The summed E-state index contributed by atoms with van der Waals surface area (Å²) in [5.41, 5.74) is 5.95. The van der Waals surface area contributed by atoms with E-state index in [4.69, 9.17) is 10.5 Å². The monoisotopic (exact) mass is 340 g/mol. The third-order valence-electron chi connectivity index (χ3n) is 2.59. The van der Waals surface area contributed by atoms with Gasteiger partial charge < -0.3 is 10.5 Å². The Kier molecular flexibility index (Phi) is 4.31. The molecule has 0 fully saturated rings. The predicted octanol–water partition coefficient (Wildman–Crippen LogP) is 3.75. The van der Waals surface area contributed by atoms with Gasteiger partial charge in [-0.25, -0.2) is 4.39 Å². The van der Waals surface area contributed by atoms with Gasteiger partial charge in [-0.2, -0.15) is 0 Å². The van der Waals surface area contributed by atoms with Crippen LogP contribution in [0.25, 0.3) is 0 Å². The molecule has 2 N–H and O–H groups in total. The van der Waals surface area contributed by atoms with Crippen LogP contribution in [0.5, 0.6) is 11.5 Å². The van der Waals surface area contributed by atoms with E-state index in [1.54, 1.807) is 24.3 Å². The van der Waals surface area contributed by atoms with Gasteiger partial charge in [0.05, 0.1) is 15.5 Å². The third kappa shape index (κ3) is 3.12. The van der Waals surface area contributed by atoms with E-state index in [2.05, 4.69) is 15.9 Å². The smallest absolute Gasteiger partial charge is 0.314 e. The van der Waals surface area contributed by atoms with Crippen LogP contribution >= 0.6 is 15.9 Å². The molecule has 2 aromatic rings. The lowest BCUT2D eigenvalue weighted by Crippen LogP contribution is -1.97. The Bertz CT molecular complexity index is 647. The molecule has 5 nitrogen and oxygen atoms in total. The summed E-state index contributed by atoms with van der Waals surface area (Å²) in [4.78, 5) is 10.2. The Morgan fingerprint density at radius 1 is 1.30 bits per heavy atom. The van der Waals surface area contributed by atoms with Crippen LogP contribution in [0.1, 0.15) is 5.56 Å². The van der Waals surface area contributed by atoms with Gasteiger partial charge in [0.25, 0.3) is 0 Å². The fraction of sp³-hybridized carbons (Fsp3) is 0.0769. The van der Waals surface area contributed by atoms with Gasteiger partial charge in [0.2, 0.25) is 5.75 Å². The highest BCUT2D eigenvalue weighted by molar-refractivity contribution is 9.10. The van der Waals surface area contributed by atoms with Crippen molar-refractivity contribution in [2.24, 2.45) is 5.73 Å². The van der Waals surface area contributed by atoms with Crippen LogP contribution in [-0.2, 0) is 6.54 Å². The summed E-state index contributed by atoms with van der Waals surface area (Å²) < 4.78 is 18.9. The van der Waals surface area contributed by atoms with E-state index in [1.165, 1.54) is 6.07 Å². The van der Waals surface area contributed by atoms with E-state index in [-0.39, 0.29) is 10.2 Å². The highest BCUT2D eigenvalue weighted by atomic mass is 79.9. The Morgan fingerprint density at radius 3 is 2.50 bits per heavy atom. The van der Waals surface area contributed by atoms with Crippen molar-refractivity contribution >= 4 is 21.6 Å². The maximum Gasteiger partial charge on any atom is 0.314 e. The van der Waals surface area contributed by atoms with Crippen LogP contribution < -0.4 is 10.5 Å². The number of halogens is 2. The topological polar surface area (TPSA) is 78.4 Å². The van der Waals surface area contributed by atoms with Crippen LogP contribution in [-0.4, -0.2) is 4.92 Å². The molecule has 0 saturated heterocycles. The molecular weight excluding hydrogens is 331 g/mol. The zero-order valence-corrected chi connectivity index (χ0v) is 11.8. The van der Waals surface area contributed by atoms with Gasteiger partial charge in [-0.05, 0) is 33.6 Å². The average Bonchev–Trinajstić information content (AvgIpc) is 2.43. The molecule has 0 spiro atoms. The maximum absolute atomic E-state index is 13.3. The second kappa shape index (κ2) is 5.98. The maximum atomic E-state index is 13.3. The predicted molar refractivity (Wildman–Crippen MR) is 75.2 cm³/mol. The summed E-state index contributed by atoms with van der Waals surface area (Å²) in [6.07, 6.45) is 0. The van der Waals surface area contributed by atoms with Gasteiger partial charge in [0.1, 0.15) is 11.6 Å². The van der Waals surface area contributed by atoms with Gasteiger partial charge in [-0.1, -0.05) is 12.1 Å². The van der Waals surface area contributed by atoms with E-state index in [0.29, 0.717) is 12.3 Å². The zero-order chi connectivity index (χ0) is 14.7. The van der Waals surface area contributed by atoms with Crippen molar-refractivity contribution in [2.75, 3.05) is 0 Å². The normalized spacial score (nSPS) is 10.3. The van der Waals surface area contributed by atoms with Crippen LogP contribution in [0.2, 0.25) is 0 Å². The number of hydrogen-bond donors (Lipinski definition) is 1. The molecule has 0 radical (unpaired) electrons. The first kappa shape index (κ1) is 14.4. The summed E-state index contributed by atoms with van der Waals surface area (Å²) in [7, 11) is 0. The summed E-state index contributed by atoms with van der Waals surface area (Å²) >= 11 is 2.97. The zero-order valence-electron chi connectivity index (χ0n) is 10.2. The standard InChI is InChI=1S/C13H10BrFN2O3/c14-10-5-13(12(17(18)19)6-11(10)15)20-9-3-1-8(7-16)2-4-9/h1-6H,7,16H2. The molecule has 104 valence electrons. The number of benzene rings is 2. The largest absolute Gasteiger partial charge is 0.450 e. The minimum Gasteiger partial charge on any atom is -0.450 e. The molecule has 2 rings (SSSR count). The Labute approximate surface area is 122 Å².